The van der Waals surface area contributed by atoms with Crippen molar-refractivity contribution in [1.82, 2.24) is 4.90 Å². The Morgan fingerprint density at radius 1 is 1.33 bits per heavy atom. The predicted molar refractivity (Wildman–Crippen MR) is 62.4 cm³/mol. The Kier molecular flexibility index (Phi) is 4.33. The number of allylic oxidation sites excluding steroid dienone is 1. The van der Waals surface area contributed by atoms with Gasteiger partial charge in [-0.1, -0.05) is 6.08 Å². The molecule has 0 bridgehead atoms. The second kappa shape index (κ2) is 5.31. The van der Waals surface area contributed by atoms with Crippen LogP contribution in [-0.2, 0) is 4.79 Å². The normalized spacial score (nSPS) is 27.6. The topological polar surface area (TPSA) is 46.3 Å². The molecule has 0 aromatic rings. The number of nitrogens with two attached hydrogens (primary N) is 1. The van der Waals surface area contributed by atoms with E-state index in [9.17, 15) is 4.79 Å². The van der Waals surface area contributed by atoms with Gasteiger partial charge in [0.2, 0.25) is 5.91 Å². The molecule has 15 heavy (non-hydrogen) atoms. The third-order valence-corrected chi connectivity index (χ3v) is 3.38. The molecule has 0 unspecified atom stereocenters. The van der Waals surface area contributed by atoms with E-state index in [-0.39, 0.29) is 5.91 Å². The van der Waals surface area contributed by atoms with E-state index < -0.39 is 0 Å². The van der Waals surface area contributed by atoms with E-state index in [1.54, 1.807) is 0 Å². The highest BCUT2D eigenvalue weighted by atomic mass is 16.2. The van der Waals surface area contributed by atoms with Gasteiger partial charge in [-0.15, -0.1) is 0 Å². The molecular formula is C12H22N2O. The molecule has 1 amide bonds. The highest BCUT2D eigenvalue weighted by Crippen LogP contribution is 2.22. The summed E-state index contributed by atoms with van der Waals surface area (Å²) in [6, 6.07) is 0.722. The van der Waals surface area contributed by atoms with Crippen LogP contribution in [0.3, 0.4) is 0 Å². The lowest BCUT2D eigenvalue weighted by Gasteiger charge is -2.33. The zero-order valence-electron chi connectivity index (χ0n) is 9.99. The van der Waals surface area contributed by atoms with Crippen molar-refractivity contribution in [2.24, 2.45) is 5.73 Å². The first-order chi connectivity index (χ1) is 7.06. The van der Waals surface area contributed by atoms with Gasteiger partial charge < -0.3 is 10.6 Å². The average Bonchev–Trinajstić information content (AvgIpc) is 2.27. The monoisotopic (exact) mass is 210 g/mol. The van der Waals surface area contributed by atoms with Crippen LogP contribution in [0.25, 0.3) is 0 Å². The Labute approximate surface area is 92.3 Å². The lowest BCUT2D eigenvalue weighted by atomic mass is 9.91. The van der Waals surface area contributed by atoms with Crippen molar-refractivity contribution in [3.8, 4) is 0 Å². The van der Waals surface area contributed by atoms with Crippen LogP contribution >= 0.6 is 0 Å². The molecule has 86 valence electrons. The van der Waals surface area contributed by atoms with Gasteiger partial charge in [0, 0.05) is 24.7 Å². The smallest absolute Gasteiger partial charge is 0.249 e. The lowest BCUT2D eigenvalue weighted by Crippen LogP contribution is -2.42. The summed E-state index contributed by atoms with van der Waals surface area (Å²) in [5.74, 6) is 0.151. The molecular weight excluding hydrogens is 188 g/mol. The molecule has 0 aromatic carbocycles. The van der Waals surface area contributed by atoms with Gasteiger partial charge in [0.25, 0.3) is 0 Å². The minimum atomic E-state index is 0.151. The maximum absolute atomic E-state index is 11.9. The van der Waals surface area contributed by atoms with E-state index in [1.165, 1.54) is 0 Å². The third-order valence-electron chi connectivity index (χ3n) is 3.38. The van der Waals surface area contributed by atoms with E-state index in [2.05, 4.69) is 0 Å². The van der Waals surface area contributed by atoms with Crippen molar-refractivity contribution in [2.75, 3.05) is 7.05 Å². The molecule has 1 fully saturated rings. The van der Waals surface area contributed by atoms with Gasteiger partial charge in [0.05, 0.1) is 0 Å². The van der Waals surface area contributed by atoms with Crippen LogP contribution in [0.15, 0.2) is 11.6 Å². The van der Waals surface area contributed by atoms with Crippen LogP contribution in [0.5, 0.6) is 0 Å². The van der Waals surface area contributed by atoms with Crippen molar-refractivity contribution in [3.05, 3.63) is 11.6 Å². The Morgan fingerprint density at radius 3 is 2.33 bits per heavy atom. The number of carbonyl (C=O) groups is 1. The predicted octanol–water partition coefficient (Wildman–Crippen LogP) is 1.68. The largest absolute Gasteiger partial charge is 0.339 e. The second-order valence-electron chi connectivity index (χ2n) is 4.46. The van der Waals surface area contributed by atoms with Gasteiger partial charge in [-0.2, -0.15) is 0 Å². The summed E-state index contributed by atoms with van der Waals surface area (Å²) in [5.41, 5.74) is 6.67. The number of amides is 1. The van der Waals surface area contributed by atoms with Crippen LogP contribution in [0.1, 0.15) is 39.5 Å². The van der Waals surface area contributed by atoms with Gasteiger partial charge in [-0.3, -0.25) is 4.79 Å². The Bertz CT molecular complexity index is 252. The summed E-state index contributed by atoms with van der Waals surface area (Å²) in [4.78, 5) is 13.8. The van der Waals surface area contributed by atoms with E-state index in [1.807, 2.05) is 31.9 Å². The highest BCUT2D eigenvalue weighted by Gasteiger charge is 2.25. The number of hydrogen-bond acceptors (Lipinski definition) is 2. The maximum Gasteiger partial charge on any atom is 0.249 e. The van der Waals surface area contributed by atoms with Crippen LogP contribution in [-0.4, -0.2) is 29.9 Å². The van der Waals surface area contributed by atoms with E-state index in [0.29, 0.717) is 12.1 Å². The van der Waals surface area contributed by atoms with E-state index >= 15 is 0 Å². The minimum absolute atomic E-state index is 0.151. The minimum Gasteiger partial charge on any atom is -0.339 e. The van der Waals surface area contributed by atoms with Crippen molar-refractivity contribution in [1.29, 1.82) is 0 Å². The van der Waals surface area contributed by atoms with Crippen molar-refractivity contribution < 1.29 is 4.79 Å². The first kappa shape index (κ1) is 12.2. The molecule has 3 heteroatoms. The van der Waals surface area contributed by atoms with Gasteiger partial charge in [-0.05, 0) is 39.5 Å². The molecule has 2 N–H and O–H groups in total. The molecule has 3 nitrogen and oxygen atoms in total. The zero-order chi connectivity index (χ0) is 11.4. The van der Waals surface area contributed by atoms with Crippen LogP contribution in [0, 0.1) is 0 Å². The van der Waals surface area contributed by atoms with Gasteiger partial charge in [0.1, 0.15) is 0 Å². The number of rotatable bonds is 2. The Balaban J connectivity index is 2.53. The Hall–Kier alpha value is -0.830. The third kappa shape index (κ3) is 3.06. The quantitative estimate of drug-likeness (QED) is 0.705. The number of nitrogens with zero attached hydrogens (tertiary/aromatic N) is 1. The molecule has 0 radical (unpaired) electrons. The molecule has 1 saturated carbocycles. The fraction of sp³-hybridized carbons (Fsp3) is 0.750. The molecule has 0 atom stereocenters. The standard InChI is InChI=1S/C12H22N2O/c1-4-9(2)12(15)14(3)11-7-5-10(13)6-8-11/h4,10-11H,5-8,13H2,1-3H3/b9-4+. The van der Waals surface area contributed by atoms with Gasteiger partial charge in [0.15, 0.2) is 0 Å². The SMILES string of the molecule is C/C=C(\C)C(=O)N(C)C1CCC(N)CC1. The highest BCUT2D eigenvalue weighted by molar-refractivity contribution is 5.92. The van der Waals surface area contributed by atoms with Crippen molar-refractivity contribution in [3.63, 3.8) is 0 Å². The van der Waals surface area contributed by atoms with Gasteiger partial charge in [-0.25, -0.2) is 0 Å². The second-order valence-corrected chi connectivity index (χ2v) is 4.46. The summed E-state index contributed by atoms with van der Waals surface area (Å²) in [7, 11) is 1.90. The Morgan fingerprint density at radius 2 is 1.87 bits per heavy atom. The maximum atomic E-state index is 11.9. The summed E-state index contributed by atoms with van der Waals surface area (Å²) in [6.07, 6.45) is 6.03. The molecule has 0 spiro atoms. The molecule has 0 aliphatic heterocycles. The molecule has 0 saturated heterocycles. The number of likely N-dealkylation sites (N-methyl/N-ethyl adjacent to an activating group) is 1. The summed E-state index contributed by atoms with van der Waals surface area (Å²) in [6.45, 7) is 3.77. The lowest BCUT2D eigenvalue weighted by molar-refractivity contribution is -0.128. The van der Waals surface area contributed by atoms with Crippen LogP contribution < -0.4 is 5.73 Å². The first-order valence-corrected chi connectivity index (χ1v) is 5.72. The van der Waals surface area contributed by atoms with E-state index in [4.69, 9.17) is 5.73 Å². The van der Waals surface area contributed by atoms with Crippen LogP contribution in [0.2, 0.25) is 0 Å². The number of carbonyl (C=O) groups excluding carboxylic acids is 1. The van der Waals surface area contributed by atoms with Crippen molar-refractivity contribution >= 4 is 5.91 Å². The summed E-state index contributed by atoms with van der Waals surface area (Å²) >= 11 is 0. The first-order valence-electron chi connectivity index (χ1n) is 5.72. The fourth-order valence-electron chi connectivity index (χ4n) is 2.06. The summed E-state index contributed by atoms with van der Waals surface area (Å²) in [5, 5.41) is 0. The fourth-order valence-corrected chi connectivity index (χ4v) is 2.06. The van der Waals surface area contributed by atoms with Crippen molar-refractivity contribution in [2.45, 2.75) is 51.6 Å². The summed E-state index contributed by atoms with van der Waals surface area (Å²) < 4.78 is 0. The zero-order valence-corrected chi connectivity index (χ0v) is 9.99. The molecule has 0 aromatic heterocycles. The molecule has 0 heterocycles. The molecule has 1 aliphatic carbocycles. The molecule has 1 aliphatic rings. The van der Waals surface area contributed by atoms with E-state index in [0.717, 1.165) is 31.3 Å². The number of hydrogen-bond donors (Lipinski definition) is 1. The molecule has 1 rings (SSSR count). The van der Waals surface area contributed by atoms with Gasteiger partial charge >= 0.3 is 0 Å². The van der Waals surface area contributed by atoms with Crippen LogP contribution in [0.4, 0.5) is 0 Å². The average molecular weight is 210 g/mol.